The van der Waals surface area contributed by atoms with Crippen molar-refractivity contribution in [3.63, 3.8) is 0 Å². The predicted molar refractivity (Wildman–Crippen MR) is 75.3 cm³/mol. The minimum absolute atomic E-state index is 0.200. The monoisotopic (exact) mass is 280 g/mol. The lowest BCUT2D eigenvalue weighted by Gasteiger charge is -2.17. The molecule has 1 heterocycles. The van der Waals surface area contributed by atoms with Crippen molar-refractivity contribution in [3.8, 4) is 0 Å². The van der Waals surface area contributed by atoms with Gasteiger partial charge in [-0.15, -0.1) is 0 Å². The molecule has 0 aromatic heterocycles. The van der Waals surface area contributed by atoms with Crippen molar-refractivity contribution in [1.29, 1.82) is 0 Å². The normalized spacial score (nSPS) is 19.7. The highest BCUT2D eigenvalue weighted by Gasteiger charge is 2.44. The number of imide groups is 1. The summed E-state index contributed by atoms with van der Waals surface area (Å²) in [5.74, 6) is 0.143. The molecule has 1 saturated heterocycles. The first-order valence-electron chi connectivity index (χ1n) is 6.28. The molecule has 0 bridgehead atoms. The molecule has 0 spiro atoms. The second-order valence-electron chi connectivity index (χ2n) is 5.16. The van der Waals surface area contributed by atoms with Crippen molar-refractivity contribution in [2.24, 2.45) is 5.92 Å². The van der Waals surface area contributed by atoms with E-state index in [4.69, 9.17) is 11.6 Å². The molecule has 5 heteroatoms. The summed E-state index contributed by atoms with van der Waals surface area (Å²) in [7, 11) is 1.66. The Morgan fingerprint density at radius 3 is 2.47 bits per heavy atom. The van der Waals surface area contributed by atoms with E-state index in [1.54, 1.807) is 31.3 Å². The summed E-state index contributed by atoms with van der Waals surface area (Å²) in [5, 5.41) is 0.405. The second kappa shape index (κ2) is 5.21. The number of nitrogens with zero attached hydrogens (tertiary/aromatic N) is 2. The van der Waals surface area contributed by atoms with Crippen LogP contribution in [-0.2, 0) is 4.79 Å². The van der Waals surface area contributed by atoms with Gasteiger partial charge in [0, 0.05) is 7.05 Å². The topological polar surface area (TPSA) is 40.6 Å². The summed E-state index contributed by atoms with van der Waals surface area (Å²) < 4.78 is 0. The molecule has 0 aliphatic carbocycles. The van der Waals surface area contributed by atoms with Crippen LogP contribution in [0.25, 0.3) is 0 Å². The highest BCUT2D eigenvalue weighted by atomic mass is 35.5. The Kier molecular flexibility index (Phi) is 3.80. The van der Waals surface area contributed by atoms with Crippen molar-refractivity contribution in [2.75, 3.05) is 11.9 Å². The number of halogens is 1. The summed E-state index contributed by atoms with van der Waals surface area (Å²) in [6.07, 6.45) is 0.655. The first-order chi connectivity index (χ1) is 8.93. The molecule has 1 unspecified atom stereocenters. The number of carbonyl (C=O) groups excluding carboxylic acids is 2. The maximum Gasteiger partial charge on any atom is 0.331 e. The first-order valence-corrected chi connectivity index (χ1v) is 6.66. The zero-order chi connectivity index (χ0) is 14.2. The van der Waals surface area contributed by atoms with Crippen LogP contribution in [0.2, 0.25) is 5.02 Å². The summed E-state index contributed by atoms with van der Waals surface area (Å²) in [5.41, 5.74) is 0.456. The van der Waals surface area contributed by atoms with Crippen LogP contribution in [0.5, 0.6) is 0 Å². The molecule has 0 saturated carbocycles. The van der Waals surface area contributed by atoms with Gasteiger partial charge < -0.3 is 4.90 Å². The number of hydrogen-bond acceptors (Lipinski definition) is 2. The van der Waals surface area contributed by atoms with Crippen molar-refractivity contribution in [1.82, 2.24) is 4.90 Å². The second-order valence-corrected chi connectivity index (χ2v) is 5.57. The summed E-state index contributed by atoms with van der Waals surface area (Å²) in [6, 6.07) is 6.17. The number of hydrogen-bond donors (Lipinski definition) is 0. The van der Waals surface area contributed by atoms with Crippen LogP contribution in [-0.4, -0.2) is 29.9 Å². The number of urea groups is 1. The van der Waals surface area contributed by atoms with Gasteiger partial charge in [0.05, 0.1) is 10.7 Å². The molecule has 0 N–H and O–H groups in total. The zero-order valence-corrected chi connectivity index (χ0v) is 12.0. The summed E-state index contributed by atoms with van der Waals surface area (Å²) >= 11 is 6.07. The number of benzene rings is 1. The minimum atomic E-state index is -0.399. The average molecular weight is 281 g/mol. The molecule has 19 heavy (non-hydrogen) atoms. The Balaban J connectivity index is 2.35. The van der Waals surface area contributed by atoms with Gasteiger partial charge in [-0.05, 0) is 24.5 Å². The number of rotatable bonds is 3. The summed E-state index contributed by atoms with van der Waals surface area (Å²) in [4.78, 5) is 27.3. The Morgan fingerprint density at radius 2 is 1.89 bits per heavy atom. The highest BCUT2D eigenvalue weighted by molar-refractivity contribution is 6.35. The van der Waals surface area contributed by atoms with E-state index in [0.29, 0.717) is 23.0 Å². The Hall–Kier alpha value is -1.55. The summed E-state index contributed by atoms with van der Waals surface area (Å²) in [6.45, 7) is 4.06. The first kappa shape index (κ1) is 13.9. The van der Waals surface area contributed by atoms with E-state index in [2.05, 4.69) is 0 Å². The molecule has 0 radical (unpaired) electrons. The molecule has 1 atom stereocenters. The molecule has 3 amide bonds. The third-order valence-electron chi connectivity index (χ3n) is 3.25. The Labute approximate surface area is 117 Å². The largest absolute Gasteiger partial charge is 0.331 e. The molecule has 1 aromatic carbocycles. The van der Waals surface area contributed by atoms with Crippen LogP contribution in [0.3, 0.4) is 0 Å². The van der Waals surface area contributed by atoms with Crippen molar-refractivity contribution in [2.45, 2.75) is 26.3 Å². The quantitative estimate of drug-likeness (QED) is 0.798. The van der Waals surface area contributed by atoms with Gasteiger partial charge in [-0.2, -0.15) is 0 Å². The van der Waals surface area contributed by atoms with E-state index in [1.165, 1.54) is 9.80 Å². The molecule has 2 rings (SSSR count). The number of para-hydroxylation sites is 1. The van der Waals surface area contributed by atoms with Crippen LogP contribution >= 0.6 is 11.6 Å². The number of likely N-dealkylation sites (N-methyl/N-ethyl adjacent to an activating group) is 1. The van der Waals surface area contributed by atoms with Crippen LogP contribution in [0.1, 0.15) is 20.3 Å². The van der Waals surface area contributed by atoms with Gasteiger partial charge in [-0.1, -0.05) is 37.6 Å². The maximum absolute atomic E-state index is 12.4. The molecule has 1 fully saturated rings. The molecule has 1 aromatic rings. The van der Waals surface area contributed by atoms with Gasteiger partial charge in [-0.3, -0.25) is 4.79 Å². The van der Waals surface area contributed by atoms with Gasteiger partial charge >= 0.3 is 6.03 Å². The smallest absolute Gasteiger partial charge is 0.315 e. The van der Waals surface area contributed by atoms with E-state index < -0.39 is 6.04 Å². The van der Waals surface area contributed by atoms with E-state index in [0.717, 1.165) is 0 Å². The molecule has 1 aliphatic rings. The predicted octanol–water partition coefficient (Wildman–Crippen LogP) is 3.15. The number of anilines is 1. The van der Waals surface area contributed by atoms with E-state index in [-0.39, 0.29) is 11.9 Å². The van der Waals surface area contributed by atoms with Gasteiger partial charge in [0.1, 0.15) is 6.04 Å². The minimum Gasteiger partial charge on any atom is -0.315 e. The fourth-order valence-electron chi connectivity index (χ4n) is 2.26. The zero-order valence-electron chi connectivity index (χ0n) is 11.3. The lowest BCUT2D eigenvalue weighted by molar-refractivity contribution is -0.119. The van der Waals surface area contributed by atoms with Crippen LogP contribution in [0, 0.1) is 5.92 Å². The van der Waals surface area contributed by atoms with Crippen molar-refractivity contribution >= 4 is 29.2 Å². The van der Waals surface area contributed by atoms with Crippen LogP contribution < -0.4 is 4.90 Å². The van der Waals surface area contributed by atoms with E-state index >= 15 is 0 Å². The molecular formula is C14H17ClN2O2. The fraction of sp³-hybridized carbons (Fsp3) is 0.429. The highest BCUT2D eigenvalue weighted by Crippen LogP contribution is 2.32. The van der Waals surface area contributed by atoms with Crippen LogP contribution in [0.15, 0.2) is 24.3 Å². The Morgan fingerprint density at radius 1 is 1.26 bits per heavy atom. The lowest BCUT2D eigenvalue weighted by Crippen LogP contribution is -2.32. The molecule has 1 aliphatic heterocycles. The van der Waals surface area contributed by atoms with Crippen molar-refractivity contribution in [3.05, 3.63) is 29.3 Å². The third kappa shape index (κ3) is 2.45. The fourth-order valence-corrected chi connectivity index (χ4v) is 2.48. The molecule has 4 nitrogen and oxygen atoms in total. The molecular weight excluding hydrogens is 264 g/mol. The third-order valence-corrected chi connectivity index (χ3v) is 3.57. The van der Waals surface area contributed by atoms with Gasteiger partial charge in [-0.25, -0.2) is 9.69 Å². The van der Waals surface area contributed by atoms with Gasteiger partial charge in [0.2, 0.25) is 0 Å². The SMILES string of the molecule is CC(C)CC1C(=O)N(c2ccccc2Cl)C(=O)N1C. The average Bonchev–Trinajstić information content (AvgIpc) is 2.55. The number of carbonyl (C=O) groups is 2. The van der Waals surface area contributed by atoms with Gasteiger partial charge in [0.25, 0.3) is 5.91 Å². The van der Waals surface area contributed by atoms with E-state index in [9.17, 15) is 9.59 Å². The van der Waals surface area contributed by atoms with E-state index in [1.807, 2.05) is 13.8 Å². The van der Waals surface area contributed by atoms with Crippen molar-refractivity contribution < 1.29 is 9.59 Å². The number of amides is 3. The Bertz CT molecular complexity index is 516. The lowest BCUT2D eigenvalue weighted by atomic mass is 10.0. The van der Waals surface area contributed by atoms with Crippen LogP contribution in [0.4, 0.5) is 10.5 Å². The maximum atomic E-state index is 12.4. The van der Waals surface area contributed by atoms with Gasteiger partial charge in [0.15, 0.2) is 0 Å². The standard InChI is InChI=1S/C14H17ClN2O2/c1-9(2)8-12-13(18)17(14(19)16(12)3)11-7-5-4-6-10(11)15/h4-7,9,12H,8H2,1-3H3. The molecule has 102 valence electrons.